The van der Waals surface area contributed by atoms with Gasteiger partial charge in [-0.1, -0.05) is 37.3 Å². The van der Waals surface area contributed by atoms with E-state index in [2.05, 4.69) is 42.2 Å². The molecule has 0 saturated carbocycles. The summed E-state index contributed by atoms with van der Waals surface area (Å²) in [5.41, 5.74) is 7.89. The van der Waals surface area contributed by atoms with Crippen LogP contribution in [0.3, 0.4) is 0 Å². The van der Waals surface area contributed by atoms with Gasteiger partial charge in [0.05, 0.1) is 0 Å². The molecule has 0 amide bonds. The summed E-state index contributed by atoms with van der Waals surface area (Å²) in [6, 6.07) is 11.7. The van der Waals surface area contributed by atoms with Crippen LogP contribution in [0, 0.1) is 5.92 Å². The molecule has 17 heavy (non-hydrogen) atoms. The fraction of sp³-hybridized carbons (Fsp3) is 0.600. The molecular formula is C15H22N2. The zero-order valence-electron chi connectivity index (χ0n) is 10.5. The number of nitrogens with two attached hydrogens (primary N) is 1. The predicted molar refractivity (Wildman–Crippen MR) is 70.9 cm³/mol. The van der Waals surface area contributed by atoms with E-state index in [1.54, 1.807) is 0 Å². The van der Waals surface area contributed by atoms with E-state index in [0.29, 0.717) is 18.0 Å². The van der Waals surface area contributed by atoms with Gasteiger partial charge in [0.1, 0.15) is 0 Å². The van der Waals surface area contributed by atoms with Gasteiger partial charge in [-0.05, 0) is 43.3 Å². The van der Waals surface area contributed by atoms with Crippen LogP contribution in [0.25, 0.3) is 0 Å². The van der Waals surface area contributed by atoms with Gasteiger partial charge in [0.15, 0.2) is 0 Å². The Morgan fingerprint density at radius 1 is 1.18 bits per heavy atom. The van der Waals surface area contributed by atoms with Crippen molar-refractivity contribution in [3.05, 3.63) is 35.9 Å². The summed E-state index contributed by atoms with van der Waals surface area (Å²) >= 11 is 0. The van der Waals surface area contributed by atoms with Gasteiger partial charge in [0.25, 0.3) is 0 Å². The molecule has 0 spiro atoms. The van der Waals surface area contributed by atoms with Crippen LogP contribution in [0.1, 0.15) is 31.2 Å². The molecule has 2 bridgehead atoms. The molecule has 0 unspecified atom stereocenters. The van der Waals surface area contributed by atoms with Crippen LogP contribution in [0.5, 0.6) is 0 Å². The van der Waals surface area contributed by atoms with Crippen molar-refractivity contribution in [2.45, 2.75) is 37.8 Å². The third-order valence-corrected chi connectivity index (χ3v) is 4.77. The van der Waals surface area contributed by atoms with E-state index >= 15 is 0 Å². The van der Waals surface area contributed by atoms with Gasteiger partial charge >= 0.3 is 0 Å². The fourth-order valence-electron chi connectivity index (χ4n) is 3.73. The van der Waals surface area contributed by atoms with E-state index in [4.69, 9.17) is 5.73 Å². The third-order valence-electron chi connectivity index (χ3n) is 4.77. The van der Waals surface area contributed by atoms with E-state index in [1.807, 2.05) is 0 Å². The van der Waals surface area contributed by atoms with Gasteiger partial charge in [-0.2, -0.15) is 0 Å². The molecule has 0 aromatic heterocycles. The van der Waals surface area contributed by atoms with Crippen molar-refractivity contribution in [3.63, 3.8) is 0 Å². The van der Waals surface area contributed by atoms with Gasteiger partial charge in [0.2, 0.25) is 0 Å². The molecule has 2 N–H and O–H groups in total. The maximum absolute atomic E-state index is 6.46. The minimum absolute atomic E-state index is 0.368. The highest BCUT2D eigenvalue weighted by Gasteiger charge is 2.42. The van der Waals surface area contributed by atoms with E-state index in [1.165, 1.54) is 31.5 Å². The highest BCUT2D eigenvalue weighted by atomic mass is 15.2. The van der Waals surface area contributed by atoms with Gasteiger partial charge in [0, 0.05) is 12.1 Å². The van der Waals surface area contributed by atoms with Crippen LogP contribution in [0.2, 0.25) is 0 Å². The molecule has 92 valence electrons. The van der Waals surface area contributed by atoms with E-state index in [0.717, 1.165) is 5.92 Å². The molecule has 0 aliphatic carbocycles. The van der Waals surface area contributed by atoms with Crippen molar-refractivity contribution in [3.8, 4) is 0 Å². The second kappa shape index (κ2) is 4.43. The monoisotopic (exact) mass is 230 g/mol. The van der Waals surface area contributed by atoms with E-state index < -0.39 is 0 Å². The number of hydrogen-bond acceptors (Lipinski definition) is 2. The topological polar surface area (TPSA) is 29.3 Å². The van der Waals surface area contributed by atoms with E-state index in [-0.39, 0.29) is 0 Å². The Morgan fingerprint density at radius 3 is 2.41 bits per heavy atom. The Balaban J connectivity index is 1.84. The Bertz CT molecular complexity index is 366. The largest absolute Gasteiger partial charge is 0.326 e. The van der Waals surface area contributed by atoms with Crippen molar-refractivity contribution < 1.29 is 0 Å². The molecule has 4 rings (SSSR count). The van der Waals surface area contributed by atoms with Gasteiger partial charge < -0.3 is 5.73 Å². The molecule has 3 atom stereocenters. The minimum Gasteiger partial charge on any atom is -0.326 e. The molecular weight excluding hydrogens is 208 g/mol. The lowest BCUT2D eigenvalue weighted by atomic mass is 9.73. The van der Waals surface area contributed by atoms with Crippen molar-refractivity contribution in [1.82, 2.24) is 4.90 Å². The van der Waals surface area contributed by atoms with Crippen LogP contribution in [0.15, 0.2) is 30.3 Å². The van der Waals surface area contributed by atoms with Crippen molar-refractivity contribution in [2.24, 2.45) is 11.7 Å². The van der Waals surface area contributed by atoms with Gasteiger partial charge in [-0.3, -0.25) is 4.90 Å². The summed E-state index contributed by atoms with van der Waals surface area (Å²) in [5, 5.41) is 0. The van der Waals surface area contributed by atoms with Gasteiger partial charge in [-0.25, -0.2) is 0 Å². The van der Waals surface area contributed by atoms with Crippen molar-refractivity contribution in [2.75, 3.05) is 13.1 Å². The predicted octanol–water partition coefficient (Wildman–Crippen LogP) is 2.21. The second-order valence-electron chi connectivity index (χ2n) is 5.64. The first-order valence-electron chi connectivity index (χ1n) is 6.82. The summed E-state index contributed by atoms with van der Waals surface area (Å²) < 4.78 is 0. The van der Waals surface area contributed by atoms with Crippen LogP contribution in [-0.4, -0.2) is 30.1 Å². The summed E-state index contributed by atoms with van der Waals surface area (Å²) in [7, 11) is 0. The number of rotatable bonds is 2. The molecule has 2 nitrogen and oxygen atoms in total. The average Bonchev–Trinajstić information content (AvgIpc) is 2.40. The molecule has 3 aliphatic heterocycles. The smallest absolute Gasteiger partial charge is 0.0315 e. The minimum atomic E-state index is 0.368. The van der Waals surface area contributed by atoms with Gasteiger partial charge in [-0.15, -0.1) is 0 Å². The highest BCUT2D eigenvalue weighted by molar-refractivity contribution is 5.22. The number of benzene rings is 1. The first kappa shape index (κ1) is 11.2. The maximum atomic E-state index is 6.46. The van der Waals surface area contributed by atoms with Crippen LogP contribution in [-0.2, 0) is 0 Å². The fourth-order valence-corrected chi connectivity index (χ4v) is 3.73. The molecule has 0 radical (unpaired) electrons. The first-order valence-corrected chi connectivity index (χ1v) is 6.82. The van der Waals surface area contributed by atoms with Crippen molar-refractivity contribution in [1.29, 1.82) is 0 Å². The van der Waals surface area contributed by atoms with Crippen LogP contribution >= 0.6 is 0 Å². The zero-order valence-corrected chi connectivity index (χ0v) is 10.5. The standard InChI is InChI=1S/C15H22N2/c1-11(12-5-3-2-4-6-12)15-14(16)13-7-9-17(15)10-8-13/h2-6,11,13-15H,7-10,16H2,1H3/t11-,14-,15+/m0/s1. The Hall–Kier alpha value is -0.860. The lowest BCUT2D eigenvalue weighted by Crippen LogP contribution is -2.62. The SMILES string of the molecule is C[C@@H](c1ccccc1)[C@@H]1[C@@H](N)C2CCN1CC2. The van der Waals surface area contributed by atoms with Crippen LogP contribution in [0.4, 0.5) is 0 Å². The zero-order chi connectivity index (χ0) is 11.8. The third kappa shape index (κ3) is 1.90. The quantitative estimate of drug-likeness (QED) is 0.844. The number of nitrogens with zero attached hydrogens (tertiary/aromatic N) is 1. The Labute approximate surface area is 104 Å². The molecule has 3 heterocycles. The molecule has 3 aliphatic rings. The number of hydrogen-bond donors (Lipinski definition) is 1. The molecule has 1 aromatic carbocycles. The Kier molecular flexibility index (Phi) is 2.93. The lowest BCUT2D eigenvalue weighted by Gasteiger charge is -2.52. The molecule has 1 aromatic rings. The maximum Gasteiger partial charge on any atom is 0.0315 e. The molecule has 2 heteroatoms. The Morgan fingerprint density at radius 2 is 1.82 bits per heavy atom. The summed E-state index contributed by atoms with van der Waals surface area (Å²) in [6.45, 7) is 4.83. The lowest BCUT2D eigenvalue weighted by molar-refractivity contribution is 0.0171. The second-order valence-corrected chi connectivity index (χ2v) is 5.64. The average molecular weight is 230 g/mol. The van der Waals surface area contributed by atoms with E-state index in [9.17, 15) is 0 Å². The van der Waals surface area contributed by atoms with Crippen LogP contribution < -0.4 is 5.73 Å². The first-order chi connectivity index (χ1) is 8.27. The van der Waals surface area contributed by atoms with Crippen molar-refractivity contribution >= 4 is 0 Å². The summed E-state index contributed by atoms with van der Waals surface area (Å²) in [6.07, 6.45) is 2.61. The highest BCUT2D eigenvalue weighted by Crippen LogP contribution is 2.37. The molecule has 3 saturated heterocycles. The summed E-state index contributed by atoms with van der Waals surface area (Å²) in [4.78, 5) is 2.61. The summed E-state index contributed by atoms with van der Waals surface area (Å²) in [5.74, 6) is 1.31. The number of piperidine rings is 3. The number of fused-ring (bicyclic) bond motifs is 3. The normalized spacial score (nSPS) is 38.0. The molecule has 3 fully saturated rings.